The van der Waals surface area contributed by atoms with E-state index in [2.05, 4.69) is 20.3 Å². The molecule has 1 unspecified atom stereocenters. The van der Waals surface area contributed by atoms with Crippen molar-refractivity contribution in [2.24, 2.45) is 0 Å². The Morgan fingerprint density at radius 2 is 2.12 bits per heavy atom. The van der Waals surface area contributed by atoms with Crippen LogP contribution in [0.3, 0.4) is 0 Å². The minimum atomic E-state index is -4.46. The number of rotatable bonds is 7. The Hall–Kier alpha value is -3.96. The van der Waals surface area contributed by atoms with E-state index in [0.29, 0.717) is 28.1 Å². The second-order valence-corrected chi connectivity index (χ2v) is 7.77. The first kappa shape index (κ1) is 23.2. The van der Waals surface area contributed by atoms with Crippen LogP contribution in [0.2, 0.25) is 0 Å². The largest absolute Gasteiger partial charge is 0.482 e. The summed E-state index contributed by atoms with van der Waals surface area (Å²) in [4.78, 5) is 39.1. The highest BCUT2D eigenvalue weighted by Gasteiger charge is 2.35. The Morgan fingerprint density at radius 1 is 1.32 bits per heavy atom. The molecule has 34 heavy (non-hydrogen) atoms. The zero-order valence-corrected chi connectivity index (χ0v) is 18.2. The number of nitrogens with one attached hydrogen (secondary N) is 1. The van der Waals surface area contributed by atoms with Gasteiger partial charge in [-0.2, -0.15) is 13.2 Å². The molecule has 4 rings (SSSR count). The number of oxazole rings is 1. The van der Waals surface area contributed by atoms with E-state index in [0.717, 1.165) is 0 Å². The van der Waals surface area contributed by atoms with Crippen molar-refractivity contribution in [3.05, 3.63) is 65.3 Å². The minimum absolute atomic E-state index is 0.0188. The number of carbonyl (C=O) groups is 2. The van der Waals surface area contributed by atoms with Gasteiger partial charge >= 0.3 is 6.18 Å². The number of alkyl halides is 3. The van der Waals surface area contributed by atoms with E-state index in [1.54, 1.807) is 30.9 Å². The molecule has 4 heterocycles. The van der Waals surface area contributed by atoms with E-state index in [1.807, 2.05) is 0 Å². The average Bonchev–Trinajstić information content (AvgIpc) is 3.40. The Labute approximate surface area is 192 Å². The number of nitrogens with zero attached hydrogens (tertiary/aromatic N) is 4. The summed E-state index contributed by atoms with van der Waals surface area (Å²) in [5, 5.41) is 2.70. The molecule has 0 bridgehead atoms. The van der Waals surface area contributed by atoms with Gasteiger partial charge in [-0.25, -0.2) is 9.97 Å². The minimum Gasteiger partial charge on any atom is -0.482 e. The van der Waals surface area contributed by atoms with Gasteiger partial charge in [-0.1, -0.05) is 0 Å². The molecule has 1 atom stereocenters. The maximum Gasteiger partial charge on any atom is 0.422 e. The SMILES string of the molecule is Cc1cc(C(C)N2Cc3c(ccnc3NC(=O)Cc3cnco3)C2=O)ncc1OCC(F)(F)F. The Balaban J connectivity index is 1.49. The lowest BCUT2D eigenvalue weighted by molar-refractivity contribution is -0.153. The van der Waals surface area contributed by atoms with Gasteiger partial charge < -0.3 is 19.4 Å². The summed E-state index contributed by atoms with van der Waals surface area (Å²) < 4.78 is 47.2. The number of aryl methyl sites for hydroxylation is 1. The third kappa shape index (κ3) is 5.00. The number of carbonyl (C=O) groups excluding carboxylic acids is 2. The third-order valence-corrected chi connectivity index (χ3v) is 5.32. The number of fused-ring (bicyclic) bond motifs is 1. The van der Waals surface area contributed by atoms with Gasteiger partial charge in [0.25, 0.3) is 5.91 Å². The smallest absolute Gasteiger partial charge is 0.422 e. The van der Waals surface area contributed by atoms with Gasteiger partial charge in [-0.3, -0.25) is 14.6 Å². The van der Waals surface area contributed by atoms with Crippen molar-refractivity contribution in [1.82, 2.24) is 19.9 Å². The molecule has 0 saturated carbocycles. The molecule has 9 nitrogen and oxygen atoms in total. The van der Waals surface area contributed by atoms with Crippen molar-refractivity contribution in [1.29, 1.82) is 0 Å². The molecular formula is C22H20F3N5O4. The van der Waals surface area contributed by atoms with Gasteiger partial charge in [0.15, 0.2) is 13.0 Å². The van der Waals surface area contributed by atoms with Crippen LogP contribution in [0, 0.1) is 6.92 Å². The third-order valence-electron chi connectivity index (χ3n) is 5.32. The summed E-state index contributed by atoms with van der Waals surface area (Å²) in [7, 11) is 0. The highest BCUT2D eigenvalue weighted by Crippen LogP contribution is 2.34. The van der Waals surface area contributed by atoms with Crippen LogP contribution >= 0.6 is 0 Å². The van der Waals surface area contributed by atoms with Crippen LogP contribution in [-0.2, 0) is 17.8 Å². The van der Waals surface area contributed by atoms with Crippen molar-refractivity contribution in [3.8, 4) is 5.75 Å². The van der Waals surface area contributed by atoms with E-state index >= 15 is 0 Å². The van der Waals surface area contributed by atoms with E-state index in [1.165, 1.54) is 25.0 Å². The van der Waals surface area contributed by atoms with Gasteiger partial charge in [-0.15, -0.1) is 0 Å². The molecule has 12 heteroatoms. The molecule has 3 aromatic heterocycles. The molecule has 178 valence electrons. The van der Waals surface area contributed by atoms with Crippen LogP contribution in [0.1, 0.15) is 45.9 Å². The number of hydrogen-bond donors (Lipinski definition) is 1. The van der Waals surface area contributed by atoms with Gasteiger partial charge in [0.1, 0.15) is 17.3 Å². The van der Waals surface area contributed by atoms with Crippen molar-refractivity contribution >= 4 is 17.6 Å². The van der Waals surface area contributed by atoms with Crippen LogP contribution in [0.25, 0.3) is 0 Å². The first-order chi connectivity index (χ1) is 16.1. The van der Waals surface area contributed by atoms with Crippen molar-refractivity contribution in [2.75, 3.05) is 11.9 Å². The standard InChI is InChI=1S/C22H20F3N5O4/c1-12-5-17(28-8-18(12)33-10-22(23,24)25)13(2)30-9-16-15(21(30)32)3-4-27-20(16)29-19(31)6-14-7-26-11-34-14/h3-5,7-8,11,13H,6,9-10H2,1-2H3,(H,27,29,31). The van der Waals surface area contributed by atoms with Crippen molar-refractivity contribution < 1.29 is 31.9 Å². The average molecular weight is 475 g/mol. The fraction of sp³-hybridized carbons (Fsp3) is 0.318. The maximum absolute atomic E-state index is 13.1. The lowest BCUT2D eigenvalue weighted by Gasteiger charge is -2.24. The zero-order chi connectivity index (χ0) is 24.5. The van der Waals surface area contributed by atoms with Gasteiger partial charge in [-0.05, 0) is 31.5 Å². The van der Waals surface area contributed by atoms with E-state index in [-0.39, 0.29) is 36.3 Å². The monoisotopic (exact) mass is 475 g/mol. The Morgan fingerprint density at radius 3 is 2.79 bits per heavy atom. The number of halogens is 3. The fourth-order valence-electron chi connectivity index (χ4n) is 3.60. The number of amides is 2. The number of hydrogen-bond acceptors (Lipinski definition) is 7. The lowest BCUT2D eigenvalue weighted by Crippen LogP contribution is -2.28. The van der Waals surface area contributed by atoms with Crippen LogP contribution in [0.4, 0.5) is 19.0 Å². The predicted molar refractivity (Wildman–Crippen MR) is 112 cm³/mol. The summed E-state index contributed by atoms with van der Waals surface area (Å²) in [6.07, 6.45) is 0.822. The summed E-state index contributed by atoms with van der Waals surface area (Å²) in [5.74, 6) is 0.0340. The molecule has 0 radical (unpaired) electrons. The van der Waals surface area contributed by atoms with Crippen LogP contribution < -0.4 is 10.1 Å². The molecule has 1 N–H and O–H groups in total. The van der Waals surface area contributed by atoms with Crippen LogP contribution in [0.15, 0.2) is 41.5 Å². The number of ether oxygens (including phenoxy) is 1. The summed E-state index contributed by atoms with van der Waals surface area (Å²) in [6, 6.07) is 2.67. The lowest BCUT2D eigenvalue weighted by atomic mass is 10.1. The zero-order valence-electron chi connectivity index (χ0n) is 18.2. The highest BCUT2D eigenvalue weighted by molar-refractivity contribution is 6.01. The molecule has 0 spiro atoms. The van der Waals surface area contributed by atoms with E-state index < -0.39 is 18.8 Å². The molecule has 3 aromatic rings. The fourth-order valence-corrected chi connectivity index (χ4v) is 3.60. The van der Waals surface area contributed by atoms with E-state index in [4.69, 9.17) is 9.15 Å². The highest BCUT2D eigenvalue weighted by atomic mass is 19.4. The molecular weight excluding hydrogens is 455 g/mol. The molecule has 0 fully saturated rings. The van der Waals surface area contributed by atoms with Gasteiger partial charge in [0, 0.05) is 17.3 Å². The first-order valence-electron chi connectivity index (χ1n) is 10.2. The molecule has 0 aromatic carbocycles. The van der Waals surface area contributed by atoms with Gasteiger partial charge in [0.05, 0.1) is 37.1 Å². The topological polar surface area (TPSA) is 110 Å². The first-order valence-corrected chi connectivity index (χ1v) is 10.2. The molecule has 1 aliphatic rings. The molecule has 0 aliphatic carbocycles. The normalized spacial score (nSPS) is 14.1. The maximum atomic E-state index is 13.1. The molecule has 2 amide bonds. The molecule has 1 aliphatic heterocycles. The quantitative estimate of drug-likeness (QED) is 0.556. The number of aromatic nitrogens is 3. The van der Waals surface area contributed by atoms with E-state index in [9.17, 15) is 22.8 Å². The van der Waals surface area contributed by atoms with Crippen molar-refractivity contribution in [2.45, 2.75) is 39.0 Å². The second kappa shape index (κ2) is 9.12. The number of anilines is 1. The van der Waals surface area contributed by atoms with Crippen LogP contribution in [0.5, 0.6) is 5.75 Å². The summed E-state index contributed by atoms with van der Waals surface area (Å²) >= 11 is 0. The summed E-state index contributed by atoms with van der Waals surface area (Å²) in [5.41, 5.74) is 1.92. The van der Waals surface area contributed by atoms with Crippen molar-refractivity contribution in [3.63, 3.8) is 0 Å². The number of pyridine rings is 2. The Bertz CT molecular complexity index is 1210. The Kier molecular flexibility index (Phi) is 6.22. The molecule has 0 saturated heterocycles. The van der Waals surface area contributed by atoms with Crippen LogP contribution in [-0.4, -0.2) is 44.4 Å². The van der Waals surface area contributed by atoms with Gasteiger partial charge in [0.2, 0.25) is 5.91 Å². The predicted octanol–water partition coefficient (Wildman–Crippen LogP) is 3.61. The second-order valence-electron chi connectivity index (χ2n) is 7.77. The summed E-state index contributed by atoms with van der Waals surface area (Å²) in [6.45, 7) is 2.13.